The molecule has 0 saturated carbocycles. The number of hydrogen-bond acceptors (Lipinski definition) is 6. The summed E-state index contributed by atoms with van der Waals surface area (Å²) in [5.41, 5.74) is 2.34. The van der Waals surface area contributed by atoms with Gasteiger partial charge in [-0.15, -0.1) is 0 Å². The molecule has 0 spiro atoms. The summed E-state index contributed by atoms with van der Waals surface area (Å²) in [5.74, 6) is 0.810. The highest BCUT2D eigenvalue weighted by Gasteiger charge is 2.25. The van der Waals surface area contributed by atoms with Crippen molar-refractivity contribution in [1.29, 1.82) is 0 Å². The van der Waals surface area contributed by atoms with Gasteiger partial charge in [0.1, 0.15) is 5.75 Å². The molecule has 180 valence electrons. The standard InChI is InChI=1S/C25H29N3O4S2/c1-18-15-25(33-17-24(29)26-19-7-9-20(32-2)10-8-19)27-23-12-11-21(16-22(18)23)34(30,31)28-13-5-3-4-6-14-28/h7-12,15-16H,3-6,13-14,17H2,1-2H3,(H,26,29). The molecule has 0 radical (unpaired) electrons. The second-order valence-electron chi connectivity index (χ2n) is 8.34. The molecule has 34 heavy (non-hydrogen) atoms. The van der Waals surface area contributed by atoms with Crippen LogP contribution in [0.5, 0.6) is 5.75 Å². The highest BCUT2D eigenvalue weighted by Crippen LogP contribution is 2.28. The molecule has 1 aromatic heterocycles. The van der Waals surface area contributed by atoms with Crippen molar-refractivity contribution in [3.05, 3.63) is 54.1 Å². The molecule has 0 unspecified atom stereocenters. The van der Waals surface area contributed by atoms with E-state index in [9.17, 15) is 13.2 Å². The average Bonchev–Trinajstić information content (AvgIpc) is 3.13. The second kappa shape index (κ2) is 10.8. The molecule has 0 bridgehead atoms. The van der Waals surface area contributed by atoms with Gasteiger partial charge in [0.2, 0.25) is 15.9 Å². The first-order valence-corrected chi connectivity index (χ1v) is 13.8. The number of benzene rings is 2. The minimum absolute atomic E-state index is 0.131. The van der Waals surface area contributed by atoms with Crippen molar-refractivity contribution in [2.45, 2.75) is 42.5 Å². The van der Waals surface area contributed by atoms with E-state index in [4.69, 9.17) is 4.74 Å². The molecule has 2 heterocycles. The van der Waals surface area contributed by atoms with Gasteiger partial charge in [-0.1, -0.05) is 24.6 Å². The Kier molecular flexibility index (Phi) is 7.75. The molecule has 1 saturated heterocycles. The van der Waals surface area contributed by atoms with Gasteiger partial charge in [0.05, 0.1) is 28.3 Å². The summed E-state index contributed by atoms with van der Waals surface area (Å²) in [5, 5.41) is 4.39. The smallest absolute Gasteiger partial charge is 0.243 e. The number of carbonyl (C=O) groups is 1. The zero-order valence-corrected chi connectivity index (χ0v) is 21.0. The number of methoxy groups -OCH3 is 1. The van der Waals surface area contributed by atoms with Crippen molar-refractivity contribution in [2.24, 2.45) is 0 Å². The molecule has 2 aromatic carbocycles. The summed E-state index contributed by atoms with van der Waals surface area (Å²) in [6.45, 7) is 3.09. The Morgan fingerprint density at radius 2 is 1.76 bits per heavy atom. The summed E-state index contributed by atoms with van der Waals surface area (Å²) in [6, 6.07) is 14.2. The molecule has 1 N–H and O–H groups in total. The molecule has 1 aliphatic rings. The zero-order valence-electron chi connectivity index (χ0n) is 19.4. The lowest BCUT2D eigenvalue weighted by atomic mass is 10.1. The van der Waals surface area contributed by atoms with Crippen molar-refractivity contribution in [3.63, 3.8) is 0 Å². The molecule has 1 aliphatic heterocycles. The number of anilines is 1. The lowest BCUT2D eigenvalue weighted by Gasteiger charge is -2.20. The van der Waals surface area contributed by atoms with Crippen molar-refractivity contribution >= 4 is 44.3 Å². The number of nitrogens with zero attached hydrogens (tertiary/aromatic N) is 2. The second-order valence-corrected chi connectivity index (χ2v) is 11.3. The van der Waals surface area contributed by atoms with Gasteiger partial charge < -0.3 is 10.1 Å². The number of rotatable bonds is 7. The van der Waals surface area contributed by atoms with Crippen LogP contribution in [0.2, 0.25) is 0 Å². The largest absolute Gasteiger partial charge is 0.497 e. The lowest BCUT2D eigenvalue weighted by molar-refractivity contribution is -0.113. The number of nitrogens with one attached hydrogen (secondary N) is 1. The molecule has 1 fully saturated rings. The highest BCUT2D eigenvalue weighted by atomic mass is 32.2. The van der Waals surface area contributed by atoms with Crippen LogP contribution in [0.1, 0.15) is 31.2 Å². The number of pyridine rings is 1. The Bertz CT molecular complexity index is 1270. The molecular formula is C25H29N3O4S2. The molecular weight excluding hydrogens is 470 g/mol. The lowest BCUT2D eigenvalue weighted by Crippen LogP contribution is -2.31. The molecule has 7 nitrogen and oxygen atoms in total. The van der Waals surface area contributed by atoms with Gasteiger partial charge in [-0.05, 0) is 73.9 Å². The quantitative estimate of drug-likeness (QED) is 0.468. The topological polar surface area (TPSA) is 88.6 Å². The van der Waals surface area contributed by atoms with E-state index in [-0.39, 0.29) is 11.7 Å². The maximum absolute atomic E-state index is 13.2. The molecule has 0 aliphatic carbocycles. The number of thioether (sulfide) groups is 1. The maximum Gasteiger partial charge on any atom is 0.243 e. The predicted octanol–water partition coefficient (Wildman–Crippen LogP) is 4.85. The fraction of sp³-hybridized carbons (Fsp3) is 0.360. The first-order chi connectivity index (χ1) is 16.4. The van der Waals surface area contributed by atoms with Gasteiger partial charge in [0, 0.05) is 24.2 Å². The van der Waals surface area contributed by atoms with Gasteiger partial charge in [0.25, 0.3) is 0 Å². The van der Waals surface area contributed by atoms with Crippen LogP contribution in [0, 0.1) is 6.92 Å². The molecule has 4 rings (SSSR count). The molecule has 3 aromatic rings. The van der Waals surface area contributed by atoms with Crippen molar-refractivity contribution < 1.29 is 17.9 Å². The molecule has 0 atom stereocenters. The first kappa shape index (κ1) is 24.5. The van der Waals surface area contributed by atoms with Crippen molar-refractivity contribution in [2.75, 3.05) is 31.3 Å². The monoisotopic (exact) mass is 499 g/mol. The Morgan fingerprint density at radius 1 is 1.06 bits per heavy atom. The van der Waals surface area contributed by atoms with E-state index < -0.39 is 10.0 Å². The first-order valence-electron chi connectivity index (χ1n) is 11.3. The Labute approximate surface area is 205 Å². The van der Waals surface area contributed by atoms with Gasteiger partial charge in [-0.25, -0.2) is 13.4 Å². The normalized spacial score (nSPS) is 15.1. The summed E-state index contributed by atoms with van der Waals surface area (Å²) in [4.78, 5) is 17.3. The SMILES string of the molecule is COc1ccc(NC(=O)CSc2cc(C)c3cc(S(=O)(=O)N4CCCCCC4)ccc3n2)cc1. The van der Waals surface area contributed by atoms with E-state index in [0.29, 0.717) is 29.2 Å². The van der Waals surface area contributed by atoms with E-state index in [0.717, 1.165) is 47.4 Å². The zero-order chi connectivity index (χ0) is 24.1. The van der Waals surface area contributed by atoms with Crippen LogP contribution in [-0.4, -0.2) is 49.6 Å². The van der Waals surface area contributed by atoms with Crippen LogP contribution >= 0.6 is 11.8 Å². The van der Waals surface area contributed by atoms with E-state index in [1.807, 2.05) is 13.0 Å². The number of aromatic nitrogens is 1. The van der Waals surface area contributed by atoms with E-state index in [1.54, 1.807) is 53.9 Å². The number of aryl methyl sites for hydroxylation is 1. The number of hydrogen-bond donors (Lipinski definition) is 1. The summed E-state index contributed by atoms with van der Waals surface area (Å²) in [7, 11) is -1.92. The van der Waals surface area contributed by atoms with E-state index >= 15 is 0 Å². The fourth-order valence-corrected chi connectivity index (χ4v) is 6.34. The summed E-state index contributed by atoms with van der Waals surface area (Å²) < 4.78 is 33.1. The molecule has 9 heteroatoms. The van der Waals surface area contributed by atoms with Crippen LogP contribution in [-0.2, 0) is 14.8 Å². The summed E-state index contributed by atoms with van der Waals surface area (Å²) >= 11 is 1.34. The van der Waals surface area contributed by atoms with Crippen LogP contribution in [0.15, 0.2) is 58.5 Å². The minimum Gasteiger partial charge on any atom is -0.497 e. The number of ether oxygens (including phenoxy) is 1. The molecule has 1 amide bonds. The number of amides is 1. The van der Waals surface area contributed by atoms with E-state index in [1.165, 1.54) is 11.8 Å². The Balaban J connectivity index is 1.46. The third-order valence-corrected chi connectivity index (χ3v) is 8.70. The third kappa shape index (κ3) is 5.71. The number of carbonyl (C=O) groups excluding carboxylic acids is 1. The summed E-state index contributed by atoms with van der Waals surface area (Å²) in [6.07, 6.45) is 3.96. The highest BCUT2D eigenvalue weighted by molar-refractivity contribution is 7.99. The van der Waals surface area contributed by atoms with Crippen molar-refractivity contribution in [3.8, 4) is 5.75 Å². The number of fused-ring (bicyclic) bond motifs is 1. The van der Waals surface area contributed by atoms with Crippen LogP contribution in [0.4, 0.5) is 5.69 Å². The Hall–Kier alpha value is -2.62. The van der Waals surface area contributed by atoms with Crippen LogP contribution < -0.4 is 10.1 Å². The minimum atomic E-state index is -3.52. The maximum atomic E-state index is 13.2. The van der Waals surface area contributed by atoms with E-state index in [2.05, 4.69) is 10.3 Å². The third-order valence-electron chi connectivity index (χ3n) is 5.89. The fourth-order valence-electron chi connectivity index (χ4n) is 4.02. The Morgan fingerprint density at radius 3 is 2.44 bits per heavy atom. The van der Waals surface area contributed by atoms with Crippen LogP contribution in [0.25, 0.3) is 10.9 Å². The van der Waals surface area contributed by atoms with Gasteiger partial charge >= 0.3 is 0 Å². The predicted molar refractivity (Wildman–Crippen MR) is 136 cm³/mol. The van der Waals surface area contributed by atoms with Crippen molar-refractivity contribution in [1.82, 2.24) is 9.29 Å². The number of sulfonamides is 1. The average molecular weight is 500 g/mol. The van der Waals surface area contributed by atoms with Gasteiger partial charge in [-0.3, -0.25) is 4.79 Å². The van der Waals surface area contributed by atoms with Gasteiger partial charge in [-0.2, -0.15) is 4.31 Å². The van der Waals surface area contributed by atoms with Gasteiger partial charge in [0.15, 0.2) is 0 Å². The van der Waals surface area contributed by atoms with Crippen LogP contribution in [0.3, 0.4) is 0 Å².